The minimum Gasteiger partial charge on any atom is -0.383 e. The van der Waals surface area contributed by atoms with Crippen LogP contribution in [0.4, 0.5) is 11.6 Å². The van der Waals surface area contributed by atoms with E-state index < -0.39 is 0 Å². The first-order valence-electron chi connectivity index (χ1n) is 4.95. The van der Waals surface area contributed by atoms with E-state index in [1.807, 2.05) is 17.8 Å². The Morgan fingerprint density at radius 3 is 3.00 bits per heavy atom. The molecule has 3 N–H and O–H groups in total. The molecule has 0 atom stereocenters. The number of rotatable bonds is 4. The summed E-state index contributed by atoms with van der Waals surface area (Å²) >= 11 is 1.61. The average molecular weight is 235 g/mol. The molecule has 5 nitrogen and oxygen atoms in total. The fourth-order valence-corrected chi connectivity index (χ4v) is 1.90. The summed E-state index contributed by atoms with van der Waals surface area (Å²) in [6, 6.07) is 0. The second-order valence-corrected chi connectivity index (χ2v) is 4.11. The first-order valence-corrected chi connectivity index (χ1v) is 5.89. The molecule has 0 unspecified atom stereocenters. The molecular weight excluding hydrogens is 222 g/mol. The van der Waals surface area contributed by atoms with Gasteiger partial charge in [-0.15, -0.1) is 11.3 Å². The fraction of sp³-hybridized carbons (Fsp3) is 0.300. The lowest BCUT2D eigenvalue weighted by Gasteiger charge is -2.08. The average Bonchev–Trinajstić information content (AvgIpc) is 2.77. The van der Waals surface area contributed by atoms with E-state index in [9.17, 15) is 0 Å². The van der Waals surface area contributed by atoms with Gasteiger partial charge in [-0.25, -0.2) is 15.0 Å². The van der Waals surface area contributed by atoms with Crippen LogP contribution in [-0.2, 0) is 6.42 Å². The number of anilines is 2. The van der Waals surface area contributed by atoms with Crippen LogP contribution in [0.5, 0.6) is 0 Å². The normalized spacial score (nSPS) is 10.3. The molecule has 6 heteroatoms. The topological polar surface area (TPSA) is 76.7 Å². The van der Waals surface area contributed by atoms with Gasteiger partial charge in [0.1, 0.15) is 18.0 Å². The van der Waals surface area contributed by atoms with Crippen LogP contribution in [-0.4, -0.2) is 21.5 Å². The van der Waals surface area contributed by atoms with Gasteiger partial charge in [-0.1, -0.05) is 0 Å². The molecule has 2 rings (SSSR count). The largest absolute Gasteiger partial charge is 0.383 e. The van der Waals surface area contributed by atoms with Gasteiger partial charge in [0.25, 0.3) is 0 Å². The van der Waals surface area contributed by atoms with Gasteiger partial charge < -0.3 is 11.1 Å². The van der Waals surface area contributed by atoms with Crippen LogP contribution in [0.2, 0.25) is 0 Å². The molecule has 0 spiro atoms. The smallest absolute Gasteiger partial charge is 0.134 e. The van der Waals surface area contributed by atoms with Crippen molar-refractivity contribution in [3.8, 4) is 0 Å². The predicted molar refractivity (Wildman–Crippen MR) is 65.5 cm³/mol. The summed E-state index contributed by atoms with van der Waals surface area (Å²) in [6.45, 7) is 2.70. The third kappa shape index (κ3) is 2.46. The molecule has 0 amide bonds. The van der Waals surface area contributed by atoms with E-state index in [1.165, 1.54) is 6.33 Å². The van der Waals surface area contributed by atoms with E-state index in [0.29, 0.717) is 5.82 Å². The maximum Gasteiger partial charge on any atom is 0.134 e. The molecule has 0 fully saturated rings. The van der Waals surface area contributed by atoms with Crippen molar-refractivity contribution >= 4 is 23.0 Å². The predicted octanol–water partition coefficient (Wildman–Crippen LogP) is 1.48. The van der Waals surface area contributed by atoms with Gasteiger partial charge in [0.15, 0.2) is 0 Å². The third-order valence-corrected chi connectivity index (χ3v) is 2.92. The van der Waals surface area contributed by atoms with Crippen molar-refractivity contribution in [3.05, 3.63) is 28.5 Å². The molecule has 2 heterocycles. The Balaban J connectivity index is 1.92. The Hall–Kier alpha value is -1.69. The Morgan fingerprint density at radius 1 is 1.38 bits per heavy atom. The number of nitrogens with two attached hydrogens (primary N) is 1. The maximum absolute atomic E-state index is 5.69. The number of thiazole rings is 1. The van der Waals surface area contributed by atoms with E-state index in [2.05, 4.69) is 20.3 Å². The fourth-order valence-electron chi connectivity index (χ4n) is 1.31. The van der Waals surface area contributed by atoms with Gasteiger partial charge >= 0.3 is 0 Å². The van der Waals surface area contributed by atoms with Crippen molar-refractivity contribution in [2.75, 3.05) is 17.6 Å². The van der Waals surface area contributed by atoms with Crippen molar-refractivity contribution in [3.63, 3.8) is 0 Å². The van der Waals surface area contributed by atoms with E-state index >= 15 is 0 Å². The van der Waals surface area contributed by atoms with Gasteiger partial charge in [0, 0.05) is 23.9 Å². The number of nitrogens with one attached hydrogen (secondary N) is 1. The van der Waals surface area contributed by atoms with Crippen LogP contribution in [0.15, 0.2) is 17.2 Å². The molecule has 0 bridgehead atoms. The van der Waals surface area contributed by atoms with E-state index in [-0.39, 0.29) is 0 Å². The zero-order chi connectivity index (χ0) is 11.4. The highest BCUT2D eigenvalue weighted by Gasteiger charge is 2.03. The molecule has 0 saturated carbocycles. The van der Waals surface area contributed by atoms with Crippen LogP contribution in [0.3, 0.4) is 0 Å². The highest BCUT2D eigenvalue weighted by molar-refractivity contribution is 7.07. The number of hydrogen-bond acceptors (Lipinski definition) is 6. The lowest BCUT2D eigenvalue weighted by atomic mass is 10.3. The standard InChI is InChI=1S/C10H13N5S/c1-7-9(11)13-5-14-10(7)12-3-2-8-4-16-6-15-8/h4-6H,2-3H2,1H3,(H3,11,12,13,14). The number of hydrogen-bond donors (Lipinski definition) is 2. The van der Waals surface area contributed by atoms with E-state index in [0.717, 1.165) is 30.0 Å². The quantitative estimate of drug-likeness (QED) is 0.839. The molecule has 0 aliphatic heterocycles. The van der Waals surface area contributed by atoms with Crippen molar-refractivity contribution in [2.45, 2.75) is 13.3 Å². The molecule has 0 saturated heterocycles. The molecule has 0 aliphatic carbocycles. The van der Waals surface area contributed by atoms with Crippen molar-refractivity contribution in [1.29, 1.82) is 0 Å². The second-order valence-electron chi connectivity index (χ2n) is 3.39. The summed E-state index contributed by atoms with van der Waals surface area (Å²) in [5.41, 5.74) is 9.51. The maximum atomic E-state index is 5.69. The van der Waals surface area contributed by atoms with Crippen molar-refractivity contribution in [2.24, 2.45) is 0 Å². The number of nitrogens with zero attached hydrogens (tertiary/aromatic N) is 3. The summed E-state index contributed by atoms with van der Waals surface area (Å²) in [6.07, 6.45) is 2.35. The van der Waals surface area contributed by atoms with Crippen LogP contribution >= 0.6 is 11.3 Å². The summed E-state index contributed by atoms with van der Waals surface area (Å²) in [5, 5.41) is 5.27. The van der Waals surface area contributed by atoms with Gasteiger partial charge in [0.2, 0.25) is 0 Å². The van der Waals surface area contributed by atoms with Gasteiger partial charge in [-0.2, -0.15) is 0 Å². The number of aromatic nitrogens is 3. The van der Waals surface area contributed by atoms with E-state index in [1.54, 1.807) is 11.3 Å². The van der Waals surface area contributed by atoms with Crippen molar-refractivity contribution < 1.29 is 0 Å². The molecular formula is C10H13N5S. The minimum absolute atomic E-state index is 0.520. The van der Waals surface area contributed by atoms with Gasteiger partial charge in [-0.05, 0) is 6.92 Å². The molecule has 16 heavy (non-hydrogen) atoms. The highest BCUT2D eigenvalue weighted by Crippen LogP contribution is 2.14. The Morgan fingerprint density at radius 2 is 2.25 bits per heavy atom. The second kappa shape index (κ2) is 4.89. The molecule has 2 aromatic heterocycles. The Bertz CT molecular complexity index is 454. The minimum atomic E-state index is 0.520. The summed E-state index contributed by atoms with van der Waals surface area (Å²) in [5.74, 6) is 1.31. The Kier molecular flexibility index (Phi) is 3.31. The molecule has 2 aromatic rings. The molecule has 0 aliphatic rings. The van der Waals surface area contributed by atoms with Crippen LogP contribution in [0.25, 0.3) is 0 Å². The monoisotopic (exact) mass is 235 g/mol. The SMILES string of the molecule is Cc1c(N)ncnc1NCCc1cscn1. The van der Waals surface area contributed by atoms with Gasteiger partial charge in [0.05, 0.1) is 11.2 Å². The first kappa shape index (κ1) is 10.8. The molecule has 84 valence electrons. The van der Waals surface area contributed by atoms with E-state index in [4.69, 9.17) is 5.73 Å². The first-order chi connectivity index (χ1) is 7.77. The van der Waals surface area contributed by atoms with Crippen molar-refractivity contribution in [1.82, 2.24) is 15.0 Å². The van der Waals surface area contributed by atoms with Gasteiger partial charge in [-0.3, -0.25) is 0 Å². The lowest BCUT2D eigenvalue weighted by Crippen LogP contribution is -2.09. The summed E-state index contributed by atoms with van der Waals surface area (Å²) in [4.78, 5) is 12.3. The Labute approximate surface area is 97.8 Å². The summed E-state index contributed by atoms with van der Waals surface area (Å²) < 4.78 is 0. The van der Waals surface area contributed by atoms with Crippen LogP contribution < -0.4 is 11.1 Å². The van der Waals surface area contributed by atoms with Crippen LogP contribution in [0, 0.1) is 6.92 Å². The third-order valence-electron chi connectivity index (χ3n) is 2.28. The zero-order valence-corrected chi connectivity index (χ0v) is 9.79. The number of nitrogen functional groups attached to an aromatic ring is 1. The molecule has 0 radical (unpaired) electrons. The molecule has 0 aromatic carbocycles. The van der Waals surface area contributed by atoms with Crippen LogP contribution in [0.1, 0.15) is 11.3 Å². The lowest BCUT2D eigenvalue weighted by molar-refractivity contribution is 0.960. The zero-order valence-electron chi connectivity index (χ0n) is 8.97. The highest BCUT2D eigenvalue weighted by atomic mass is 32.1. The summed E-state index contributed by atoms with van der Waals surface area (Å²) in [7, 11) is 0.